The summed E-state index contributed by atoms with van der Waals surface area (Å²) >= 11 is 0. The van der Waals surface area contributed by atoms with Crippen molar-refractivity contribution in [3.63, 3.8) is 0 Å². The zero-order valence-corrected chi connectivity index (χ0v) is 32.0. The van der Waals surface area contributed by atoms with E-state index >= 15 is 0 Å². The summed E-state index contributed by atoms with van der Waals surface area (Å²) in [5, 5.41) is 18.7. The van der Waals surface area contributed by atoms with E-state index in [2.05, 4.69) is 41.5 Å². The lowest BCUT2D eigenvalue weighted by Gasteiger charge is -2.33. The fourth-order valence-electron chi connectivity index (χ4n) is 5.46. The van der Waals surface area contributed by atoms with Crippen LogP contribution in [0.3, 0.4) is 0 Å². The number of hydrogen-bond donors (Lipinski definition) is 2. The van der Waals surface area contributed by atoms with Crippen LogP contribution >= 0.6 is 0 Å². The first-order valence-corrected chi connectivity index (χ1v) is 19.1. The predicted molar refractivity (Wildman–Crippen MR) is 196 cm³/mol. The molecule has 0 atom stereocenters. The van der Waals surface area contributed by atoms with Gasteiger partial charge in [-0.3, -0.25) is 0 Å². The number of unbranched alkanes of at least 4 members (excludes halogenated alkanes) is 9. The minimum atomic E-state index is -1.42. The highest BCUT2D eigenvalue weighted by molar-refractivity contribution is 6.04. The van der Waals surface area contributed by atoms with E-state index in [1.165, 1.54) is 44.6 Å². The van der Waals surface area contributed by atoms with E-state index in [0.717, 1.165) is 69.9 Å². The van der Waals surface area contributed by atoms with Gasteiger partial charge in [0, 0.05) is 0 Å². The summed E-state index contributed by atoms with van der Waals surface area (Å²) in [4.78, 5) is 35.7. The van der Waals surface area contributed by atoms with E-state index in [4.69, 9.17) is 23.7 Å². The van der Waals surface area contributed by atoms with Crippen molar-refractivity contribution in [2.75, 3.05) is 39.6 Å². The van der Waals surface area contributed by atoms with Crippen molar-refractivity contribution < 1.29 is 48.3 Å². The summed E-state index contributed by atoms with van der Waals surface area (Å²) in [5.74, 6) is -2.89. The molecule has 0 amide bonds. The summed E-state index contributed by atoms with van der Waals surface area (Å²) in [7, 11) is 0. The second kappa shape index (κ2) is 27.2. The second-order valence-corrected chi connectivity index (χ2v) is 14.6. The van der Waals surface area contributed by atoms with Crippen LogP contribution in [0.5, 0.6) is 0 Å². The molecule has 0 spiro atoms. The third-order valence-electron chi connectivity index (χ3n) is 8.45. The van der Waals surface area contributed by atoms with Crippen LogP contribution in [0.4, 0.5) is 0 Å². The van der Waals surface area contributed by atoms with E-state index in [-0.39, 0.29) is 30.9 Å². The van der Waals surface area contributed by atoms with E-state index in [1.54, 1.807) is 0 Å². The lowest BCUT2D eigenvalue weighted by molar-refractivity contribution is -0.395. The molecular weight excluding hydrogens is 640 g/mol. The Kier molecular flexibility index (Phi) is 24.7. The highest BCUT2D eigenvalue weighted by Gasteiger charge is 2.34. The zero-order chi connectivity index (χ0) is 37.2. The minimum absolute atomic E-state index is 0.00120. The molecule has 50 heavy (non-hydrogen) atoms. The summed E-state index contributed by atoms with van der Waals surface area (Å²) in [6.45, 7) is 14.7. The van der Waals surface area contributed by atoms with E-state index < -0.39 is 29.4 Å². The third-order valence-corrected chi connectivity index (χ3v) is 8.45. The van der Waals surface area contributed by atoms with Crippen LogP contribution in [-0.2, 0) is 23.7 Å². The molecule has 0 radical (unpaired) electrons. The van der Waals surface area contributed by atoms with Crippen LogP contribution in [-0.4, -0.2) is 73.7 Å². The van der Waals surface area contributed by atoms with E-state index in [9.17, 15) is 24.6 Å². The van der Waals surface area contributed by atoms with Gasteiger partial charge in [-0.2, -0.15) is 0 Å². The van der Waals surface area contributed by atoms with Crippen LogP contribution < -0.4 is 0 Å². The standard InChI is InChI=1S/C40H68O10/c1-31(2)19-13-7-10-16-24-48-40(49-25-17-11-8-14-20-32(3)4,50-26-18-12-9-15-21-33(5)6)30-46-27-28-47-39(45)35-23-22-34(37(41)42)29-36(35)38(43)44/h22-23,29,31-33H,7-21,24-28,30H2,1-6H3,(H,41,42)(H,43,44). The van der Waals surface area contributed by atoms with Crippen LogP contribution in [0.1, 0.15) is 169 Å². The molecular formula is C40H68O10. The Morgan fingerprint density at radius 1 is 0.560 bits per heavy atom. The average molecular weight is 709 g/mol. The molecule has 0 fully saturated rings. The highest BCUT2D eigenvalue weighted by atomic mass is 16.9. The van der Waals surface area contributed by atoms with Crippen molar-refractivity contribution in [1.82, 2.24) is 0 Å². The van der Waals surface area contributed by atoms with Crippen molar-refractivity contribution in [2.24, 2.45) is 17.8 Å². The molecule has 2 N–H and O–H groups in total. The SMILES string of the molecule is CC(C)CCCCCCOC(COCCOC(=O)c1ccc(C(=O)O)cc1C(=O)O)(OCCCCCCC(C)C)OCCCCCCC(C)C. The molecule has 0 saturated heterocycles. The Balaban J connectivity index is 2.86. The minimum Gasteiger partial charge on any atom is -0.478 e. The number of ether oxygens (including phenoxy) is 5. The van der Waals surface area contributed by atoms with Gasteiger partial charge in [0.1, 0.15) is 13.2 Å². The molecule has 288 valence electrons. The summed E-state index contributed by atoms with van der Waals surface area (Å²) in [5.41, 5.74) is -0.912. The largest absolute Gasteiger partial charge is 0.478 e. The number of rotatable bonds is 32. The van der Waals surface area contributed by atoms with Crippen molar-refractivity contribution in [3.05, 3.63) is 34.9 Å². The average Bonchev–Trinajstić information content (AvgIpc) is 3.05. The topological polar surface area (TPSA) is 138 Å². The molecule has 1 rings (SSSR count). The van der Waals surface area contributed by atoms with Gasteiger partial charge in [0.05, 0.1) is 43.1 Å². The van der Waals surface area contributed by atoms with Gasteiger partial charge in [0.25, 0.3) is 0 Å². The summed E-state index contributed by atoms with van der Waals surface area (Å²) in [6.07, 6.45) is 16.5. The maximum atomic E-state index is 12.7. The second-order valence-electron chi connectivity index (χ2n) is 14.6. The fourth-order valence-corrected chi connectivity index (χ4v) is 5.46. The smallest absolute Gasteiger partial charge is 0.339 e. The molecule has 0 aliphatic carbocycles. The molecule has 0 bridgehead atoms. The number of benzene rings is 1. The van der Waals surface area contributed by atoms with Gasteiger partial charge in [-0.25, -0.2) is 14.4 Å². The van der Waals surface area contributed by atoms with Crippen molar-refractivity contribution in [1.29, 1.82) is 0 Å². The molecule has 0 aromatic heterocycles. The number of carbonyl (C=O) groups is 3. The number of aromatic carboxylic acids is 2. The fraction of sp³-hybridized carbons (Fsp3) is 0.775. The molecule has 0 saturated carbocycles. The predicted octanol–water partition coefficient (Wildman–Crippen LogP) is 9.78. The van der Waals surface area contributed by atoms with Gasteiger partial charge in [-0.1, -0.05) is 119 Å². The van der Waals surface area contributed by atoms with Gasteiger partial charge in [-0.15, -0.1) is 0 Å². The molecule has 0 aliphatic heterocycles. The van der Waals surface area contributed by atoms with Crippen molar-refractivity contribution in [3.8, 4) is 0 Å². The Morgan fingerprint density at radius 3 is 1.40 bits per heavy atom. The van der Waals surface area contributed by atoms with E-state index in [1.807, 2.05) is 0 Å². The Bertz CT molecular complexity index is 1010. The Hall–Kier alpha value is -2.53. The maximum Gasteiger partial charge on any atom is 0.339 e. The van der Waals surface area contributed by atoms with E-state index in [0.29, 0.717) is 37.6 Å². The van der Waals surface area contributed by atoms with Gasteiger partial charge >= 0.3 is 23.9 Å². The molecule has 1 aromatic rings. The first-order valence-electron chi connectivity index (χ1n) is 19.1. The third kappa shape index (κ3) is 21.6. The quantitative estimate of drug-likeness (QED) is 0.0423. The van der Waals surface area contributed by atoms with Crippen molar-refractivity contribution in [2.45, 2.75) is 144 Å². The van der Waals surface area contributed by atoms with Crippen molar-refractivity contribution >= 4 is 17.9 Å². The molecule has 1 aromatic carbocycles. The lowest BCUT2D eigenvalue weighted by Crippen LogP contribution is -2.45. The van der Waals surface area contributed by atoms with Gasteiger partial charge in [0.15, 0.2) is 0 Å². The Labute approximate surface area is 301 Å². The van der Waals surface area contributed by atoms with Gasteiger partial charge in [0.2, 0.25) is 0 Å². The summed E-state index contributed by atoms with van der Waals surface area (Å²) < 4.78 is 30.3. The highest BCUT2D eigenvalue weighted by Crippen LogP contribution is 2.22. The lowest BCUT2D eigenvalue weighted by atomic mass is 10.0. The molecule has 0 aliphatic rings. The number of hydrogen-bond acceptors (Lipinski definition) is 8. The van der Waals surface area contributed by atoms with Crippen LogP contribution in [0, 0.1) is 17.8 Å². The summed E-state index contributed by atoms with van der Waals surface area (Å²) in [6, 6.07) is 3.25. The normalized spacial score (nSPS) is 11.9. The number of carboxylic acids is 2. The molecule has 10 nitrogen and oxygen atoms in total. The molecule has 0 heterocycles. The Morgan fingerprint density at radius 2 is 1.00 bits per heavy atom. The number of carbonyl (C=O) groups excluding carboxylic acids is 1. The van der Waals surface area contributed by atoms with Gasteiger partial charge < -0.3 is 33.9 Å². The first kappa shape index (κ1) is 45.5. The first-order chi connectivity index (χ1) is 23.9. The molecule has 10 heteroatoms. The zero-order valence-electron chi connectivity index (χ0n) is 32.0. The monoisotopic (exact) mass is 708 g/mol. The maximum absolute atomic E-state index is 12.7. The van der Waals surface area contributed by atoms with Gasteiger partial charge in [-0.05, 0) is 55.2 Å². The molecule has 0 unspecified atom stereocenters. The number of carboxylic acid groups (broad SMARTS) is 2. The van der Waals surface area contributed by atoms with Crippen LogP contribution in [0.25, 0.3) is 0 Å². The van der Waals surface area contributed by atoms with Crippen LogP contribution in [0.2, 0.25) is 0 Å². The number of esters is 1. The van der Waals surface area contributed by atoms with Crippen LogP contribution in [0.15, 0.2) is 18.2 Å².